The fraction of sp³-hybridized carbons (Fsp3) is 0.364. The van der Waals surface area contributed by atoms with Gasteiger partial charge in [-0.3, -0.25) is 9.59 Å². The number of carbonyl (C=O) groups excluding carboxylic acids is 2. The number of nitrogens with zero attached hydrogens (tertiary/aromatic N) is 1. The van der Waals surface area contributed by atoms with E-state index in [0.717, 1.165) is 11.1 Å². The summed E-state index contributed by atoms with van der Waals surface area (Å²) >= 11 is 5.88. The number of halogens is 1. The summed E-state index contributed by atoms with van der Waals surface area (Å²) in [7, 11) is 0. The third-order valence-corrected chi connectivity index (χ3v) is 4.77. The standard InChI is InChI=1S/C22H27ClN2O3/c1-4-20(22(27)24-5-2)25(14-17-9-7-6-8-16(17)3)21(26)15-28-19-12-10-18(23)11-13-19/h6-13,20H,4-5,14-15H2,1-3H3,(H,24,27)/t20-/m1/s1. The number of amides is 2. The molecule has 2 aromatic rings. The lowest BCUT2D eigenvalue weighted by molar-refractivity contribution is -0.142. The highest BCUT2D eigenvalue weighted by Gasteiger charge is 2.28. The SMILES string of the molecule is CCNC(=O)[C@@H](CC)N(Cc1ccccc1C)C(=O)COc1ccc(Cl)cc1. The molecule has 1 N–H and O–H groups in total. The van der Waals surface area contributed by atoms with Gasteiger partial charge in [-0.25, -0.2) is 0 Å². The minimum atomic E-state index is -0.555. The van der Waals surface area contributed by atoms with Crippen LogP contribution in [-0.2, 0) is 16.1 Å². The number of aryl methyl sites for hydroxylation is 1. The highest BCUT2D eigenvalue weighted by molar-refractivity contribution is 6.30. The van der Waals surface area contributed by atoms with E-state index in [4.69, 9.17) is 16.3 Å². The first-order valence-electron chi connectivity index (χ1n) is 9.46. The molecule has 0 saturated heterocycles. The van der Waals surface area contributed by atoms with Crippen molar-refractivity contribution in [3.05, 3.63) is 64.7 Å². The van der Waals surface area contributed by atoms with E-state index in [-0.39, 0.29) is 18.4 Å². The molecule has 2 amide bonds. The molecule has 0 aliphatic heterocycles. The zero-order valence-corrected chi connectivity index (χ0v) is 17.3. The third kappa shape index (κ3) is 5.99. The number of hydrogen-bond donors (Lipinski definition) is 1. The molecule has 0 spiro atoms. The van der Waals surface area contributed by atoms with Crippen LogP contribution in [0.1, 0.15) is 31.4 Å². The van der Waals surface area contributed by atoms with Crippen molar-refractivity contribution in [1.29, 1.82) is 0 Å². The number of carbonyl (C=O) groups is 2. The Kier molecular flexibility index (Phi) is 8.33. The first-order valence-corrected chi connectivity index (χ1v) is 9.84. The topological polar surface area (TPSA) is 58.6 Å². The Bertz CT molecular complexity index is 793. The smallest absolute Gasteiger partial charge is 0.261 e. The average molecular weight is 403 g/mol. The van der Waals surface area contributed by atoms with Crippen molar-refractivity contribution in [2.24, 2.45) is 0 Å². The maximum absolute atomic E-state index is 13.0. The molecule has 5 nitrogen and oxygen atoms in total. The predicted octanol–water partition coefficient (Wildman–Crippen LogP) is 3.97. The summed E-state index contributed by atoms with van der Waals surface area (Å²) in [5, 5.41) is 3.42. The monoisotopic (exact) mass is 402 g/mol. The van der Waals surface area contributed by atoms with Gasteiger partial charge in [-0.15, -0.1) is 0 Å². The van der Waals surface area contributed by atoms with E-state index < -0.39 is 6.04 Å². The number of hydrogen-bond acceptors (Lipinski definition) is 3. The van der Waals surface area contributed by atoms with Crippen LogP contribution >= 0.6 is 11.6 Å². The van der Waals surface area contributed by atoms with Crippen molar-refractivity contribution in [3.8, 4) is 5.75 Å². The Labute approximate surface area is 171 Å². The largest absolute Gasteiger partial charge is 0.484 e. The summed E-state index contributed by atoms with van der Waals surface area (Å²) in [6, 6.07) is 14.1. The zero-order chi connectivity index (χ0) is 20.5. The van der Waals surface area contributed by atoms with Crippen molar-refractivity contribution < 1.29 is 14.3 Å². The Morgan fingerprint density at radius 1 is 1.11 bits per heavy atom. The lowest BCUT2D eigenvalue weighted by atomic mass is 10.1. The van der Waals surface area contributed by atoms with E-state index >= 15 is 0 Å². The molecule has 0 bridgehead atoms. The minimum absolute atomic E-state index is 0.149. The van der Waals surface area contributed by atoms with Crippen molar-refractivity contribution in [3.63, 3.8) is 0 Å². The van der Waals surface area contributed by atoms with Crippen molar-refractivity contribution in [1.82, 2.24) is 10.2 Å². The maximum Gasteiger partial charge on any atom is 0.261 e. The predicted molar refractivity (Wildman–Crippen MR) is 111 cm³/mol. The van der Waals surface area contributed by atoms with Crippen molar-refractivity contribution in [2.75, 3.05) is 13.2 Å². The number of likely N-dealkylation sites (N-methyl/N-ethyl adjacent to an activating group) is 1. The summed E-state index contributed by atoms with van der Waals surface area (Å²) in [4.78, 5) is 27.2. The maximum atomic E-state index is 13.0. The molecule has 2 rings (SSSR count). The van der Waals surface area contributed by atoms with Crippen LogP contribution < -0.4 is 10.1 Å². The van der Waals surface area contributed by atoms with Gasteiger partial charge in [-0.1, -0.05) is 42.8 Å². The van der Waals surface area contributed by atoms with Crippen molar-refractivity contribution >= 4 is 23.4 Å². The average Bonchev–Trinajstić information content (AvgIpc) is 2.69. The third-order valence-electron chi connectivity index (χ3n) is 4.51. The van der Waals surface area contributed by atoms with Crippen LogP contribution in [0.4, 0.5) is 0 Å². The van der Waals surface area contributed by atoms with Crippen LogP contribution in [0, 0.1) is 6.92 Å². The summed E-state index contributed by atoms with van der Waals surface area (Å²) in [6.07, 6.45) is 0.518. The molecule has 28 heavy (non-hydrogen) atoms. The molecule has 0 heterocycles. The molecule has 6 heteroatoms. The lowest BCUT2D eigenvalue weighted by Crippen LogP contribution is -2.50. The molecule has 0 saturated carbocycles. The van der Waals surface area contributed by atoms with Crippen molar-refractivity contribution in [2.45, 2.75) is 39.8 Å². The second-order valence-corrected chi connectivity index (χ2v) is 6.95. The second kappa shape index (κ2) is 10.7. The summed E-state index contributed by atoms with van der Waals surface area (Å²) < 4.78 is 5.62. The summed E-state index contributed by atoms with van der Waals surface area (Å²) in [5.74, 6) is 0.161. The molecule has 0 unspecified atom stereocenters. The van der Waals surface area contributed by atoms with Gasteiger partial charge in [-0.2, -0.15) is 0 Å². The van der Waals surface area contributed by atoms with Gasteiger partial charge in [0.25, 0.3) is 5.91 Å². The summed E-state index contributed by atoms with van der Waals surface area (Å²) in [5.41, 5.74) is 2.08. The van der Waals surface area contributed by atoms with E-state index in [1.54, 1.807) is 29.2 Å². The number of rotatable bonds is 9. The quantitative estimate of drug-likeness (QED) is 0.690. The van der Waals surface area contributed by atoms with Gasteiger partial charge in [0.1, 0.15) is 11.8 Å². The molecule has 0 aromatic heterocycles. The second-order valence-electron chi connectivity index (χ2n) is 6.51. The Morgan fingerprint density at radius 3 is 2.39 bits per heavy atom. The Hall–Kier alpha value is -2.53. The van der Waals surface area contributed by atoms with Gasteiger partial charge in [0.05, 0.1) is 0 Å². The molecule has 0 aliphatic carbocycles. The van der Waals surface area contributed by atoms with E-state index in [0.29, 0.717) is 30.3 Å². The van der Waals surface area contributed by atoms with Crippen LogP contribution in [0.15, 0.2) is 48.5 Å². The van der Waals surface area contributed by atoms with Gasteiger partial charge in [0.15, 0.2) is 6.61 Å². The first-order chi connectivity index (χ1) is 13.5. The molecule has 0 aliphatic rings. The minimum Gasteiger partial charge on any atom is -0.484 e. The molecule has 0 fully saturated rings. The molecule has 2 aromatic carbocycles. The number of nitrogens with one attached hydrogen (secondary N) is 1. The van der Waals surface area contributed by atoms with Crippen LogP contribution in [0.2, 0.25) is 5.02 Å². The fourth-order valence-corrected chi connectivity index (χ4v) is 3.07. The van der Waals surface area contributed by atoms with Gasteiger partial charge in [-0.05, 0) is 55.7 Å². The van der Waals surface area contributed by atoms with Gasteiger partial charge < -0.3 is 15.0 Å². The van der Waals surface area contributed by atoms with E-state index in [9.17, 15) is 9.59 Å². The fourth-order valence-electron chi connectivity index (χ4n) is 2.94. The van der Waals surface area contributed by atoms with Crippen LogP contribution in [-0.4, -0.2) is 35.9 Å². The Balaban J connectivity index is 2.20. The van der Waals surface area contributed by atoms with E-state index in [2.05, 4.69) is 5.32 Å². The van der Waals surface area contributed by atoms with E-state index in [1.807, 2.05) is 45.0 Å². The van der Waals surface area contributed by atoms with Crippen LogP contribution in [0.3, 0.4) is 0 Å². The van der Waals surface area contributed by atoms with Gasteiger partial charge >= 0.3 is 0 Å². The highest BCUT2D eigenvalue weighted by atomic mass is 35.5. The molecule has 1 atom stereocenters. The molecular weight excluding hydrogens is 376 g/mol. The van der Waals surface area contributed by atoms with Crippen LogP contribution in [0.5, 0.6) is 5.75 Å². The zero-order valence-electron chi connectivity index (χ0n) is 16.6. The molecule has 0 radical (unpaired) electrons. The molecule has 150 valence electrons. The lowest BCUT2D eigenvalue weighted by Gasteiger charge is -2.31. The number of benzene rings is 2. The van der Waals surface area contributed by atoms with Gasteiger partial charge in [0.2, 0.25) is 5.91 Å². The Morgan fingerprint density at radius 2 is 1.79 bits per heavy atom. The van der Waals surface area contributed by atoms with Crippen LogP contribution in [0.25, 0.3) is 0 Å². The first kappa shape index (κ1) is 21.8. The van der Waals surface area contributed by atoms with Gasteiger partial charge in [0, 0.05) is 18.1 Å². The normalized spacial score (nSPS) is 11.6. The van der Waals surface area contributed by atoms with E-state index in [1.165, 1.54) is 0 Å². The number of ether oxygens (including phenoxy) is 1. The highest BCUT2D eigenvalue weighted by Crippen LogP contribution is 2.18. The summed E-state index contributed by atoms with van der Waals surface area (Å²) in [6.45, 7) is 6.48. The molecular formula is C22H27ClN2O3.